The Morgan fingerprint density at radius 3 is 2.92 bits per heavy atom. The number of unbranched alkanes of at least 4 members (excludes halogenated alkanes) is 1. The lowest BCUT2D eigenvalue weighted by Crippen LogP contribution is -2.21. The summed E-state index contributed by atoms with van der Waals surface area (Å²) in [5.74, 6) is 0.470. The molecule has 0 saturated carbocycles. The summed E-state index contributed by atoms with van der Waals surface area (Å²) < 4.78 is 7.02. The van der Waals surface area contributed by atoms with E-state index in [2.05, 4.69) is 11.4 Å². The molecular formula is C18H19N3O3. The van der Waals surface area contributed by atoms with Crippen LogP contribution in [-0.4, -0.2) is 17.1 Å². The molecule has 1 aromatic carbocycles. The quantitative estimate of drug-likeness (QED) is 0.756. The van der Waals surface area contributed by atoms with Crippen LogP contribution < -0.4 is 15.6 Å². The van der Waals surface area contributed by atoms with Gasteiger partial charge >= 0.3 is 0 Å². The molecule has 6 heteroatoms. The van der Waals surface area contributed by atoms with Crippen molar-refractivity contribution in [2.45, 2.75) is 25.8 Å². The first-order valence-corrected chi connectivity index (χ1v) is 7.74. The molecule has 1 amide bonds. The van der Waals surface area contributed by atoms with E-state index in [1.807, 2.05) is 0 Å². The van der Waals surface area contributed by atoms with Crippen molar-refractivity contribution in [1.29, 1.82) is 5.26 Å². The van der Waals surface area contributed by atoms with Crippen LogP contribution in [-0.2, 0) is 11.3 Å². The summed E-state index contributed by atoms with van der Waals surface area (Å²) in [4.78, 5) is 23.6. The molecule has 1 aromatic heterocycles. The van der Waals surface area contributed by atoms with Crippen LogP contribution in [0.4, 0.5) is 5.69 Å². The maximum atomic E-state index is 12.0. The largest absolute Gasteiger partial charge is 0.493 e. The zero-order valence-corrected chi connectivity index (χ0v) is 13.3. The Hall–Kier alpha value is -3.07. The second-order valence-electron chi connectivity index (χ2n) is 5.17. The van der Waals surface area contributed by atoms with E-state index < -0.39 is 0 Å². The SMILES string of the molecule is N#CCCCOc1cccc(NC(=O)CCn2ccccc2=O)c1. The summed E-state index contributed by atoms with van der Waals surface area (Å²) >= 11 is 0. The molecule has 0 spiro atoms. The average molecular weight is 325 g/mol. The number of carbonyl (C=O) groups is 1. The number of nitrogens with zero attached hydrogens (tertiary/aromatic N) is 2. The first kappa shape index (κ1) is 17.3. The molecule has 0 radical (unpaired) electrons. The van der Waals surface area contributed by atoms with Crippen LogP contribution in [0.15, 0.2) is 53.5 Å². The van der Waals surface area contributed by atoms with Gasteiger partial charge in [0, 0.05) is 43.4 Å². The number of rotatable bonds is 8. The second kappa shape index (κ2) is 9.16. The molecule has 0 aliphatic carbocycles. The van der Waals surface area contributed by atoms with Gasteiger partial charge in [0.1, 0.15) is 5.75 Å². The van der Waals surface area contributed by atoms with Crippen molar-refractivity contribution >= 4 is 11.6 Å². The molecule has 0 atom stereocenters. The lowest BCUT2D eigenvalue weighted by atomic mass is 10.3. The number of anilines is 1. The number of hydrogen-bond acceptors (Lipinski definition) is 4. The predicted octanol–water partition coefficient (Wildman–Crippen LogP) is 2.56. The molecule has 0 aliphatic heterocycles. The third-order valence-electron chi connectivity index (χ3n) is 3.30. The third kappa shape index (κ3) is 5.61. The molecule has 2 aromatic rings. The summed E-state index contributed by atoms with van der Waals surface area (Å²) in [5, 5.41) is 11.3. The van der Waals surface area contributed by atoms with Crippen LogP contribution in [0.5, 0.6) is 5.75 Å². The van der Waals surface area contributed by atoms with E-state index in [0.29, 0.717) is 37.4 Å². The van der Waals surface area contributed by atoms with Crippen molar-refractivity contribution in [2.24, 2.45) is 0 Å². The van der Waals surface area contributed by atoms with E-state index in [1.165, 1.54) is 10.6 Å². The number of amides is 1. The van der Waals surface area contributed by atoms with Gasteiger partial charge in [-0.25, -0.2) is 0 Å². The molecule has 0 aliphatic rings. The number of aryl methyl sites for hydroxylation is 1. The summed E-state index contributed by atoms with van der Waals surface area (Å²) in [6, 6.07) is 14.0. The molecule has 6 nitrogen and oxygen atoms in total. The first-order valence-electron chi connectivity index (χ1n) is 7.74. The highest BCUT2D eigenvalue weighted by molar-refractivity contribution is 5.90. The van der Waals surface area contributed by atoms with Crippen LogP contribution in [0.1, 0.15) is 19.3 Å². The number of carbonyl (C=O) groups excluding carboxylic acids is 1. The molecule has 1 N–H and O–H groups in total. The number of hydrogen-bond donors (Lipinski definition) is 1. The first-order chi connectivity index (χ1) is 11.7. The fourth-order valence-corrected chi connectivity index (χ4v) is 2.10. The van der Waals surface area contributed by atoms with Crippen LogP contribution in [0.3, 0.4) is 0 Å². The van der Waals surface area contributed by atoms with Crippen molar-refractivity contribution in [1.82, 2.24) is 4.57 Å². The van der Waals surface area contributed by atoms with Crippen LogP contribution in [0.2, 0.25) is 0 Å². The van der Waals surface area contributed by atoms with Gasteiger partial charge in [0.05, 0.1) is 12.7 Å². The lowest BCUT2D eigenvalue weighted by molar-refractivity contribution is -0.116. The summed E-state index contributed by atoms with van der Waals surface area (Å²) in [7, 11) is 0. The topological polar surface area (TPSA) is 84.1 Å². The summed E-state index contributed by atoms with van der Waals surface area (Å²) in [5.41, 5.74) is 0.510. The molecule has 0 fully saturated rings. The van der Waals surface area contributed by atoms with Crippen molar-refractivity contribution in [2.75, 3.05) is 11.9 Å². The summed E-state index contributed by atoms with van der Waals surface area (Å²) in [6.07, 6.45) is 2.98. The van der Waals surface area contributed by atoms with E-state index in [1.54, 1.807) is 42.6 Å². The van der Waals surface area contributed by atoms with Gasteiger partial charge < -0.3 is 14.6 Å². The third-order valence-corrected chi connectivity index (χ3v) is 3.30. The number of nitrogens with one attached hydrogen (secondary N) is 1. The number of benzene rings is 1. The maximum Gasteiger partial charge on any atom is 0.250 e. The zero-order chi connectivity index (χ0) is 17.2. The van der Waals surface area contributed by atoms with Crippen LogP contribution >= 0.6 is 0 Å². The Kier molecular flexibility index (Phi) is 6.59. The van der Waals surface area contributed by atoms with E-state index >= 15 is 0 Å². The Morgan fingerprint density at radius 1 is 1.25 bits per heavy atom. The minimum Gasteiger partial charge on any atom is -0.493 e. The van der Waals surface area contributed by atoms with Crippen LogP contribution in [0, 0.1) is 11.3 Å². The van der Waals surface area contributed by atoms with Gasteiger partial charge in [-0.1, -0.05) is 12.1 Å². The van der Waals surface area contributed by atoms with E-state index in [-0.39, 0.29) is 17.9 Å². The van der Waals surface area contributed by atoms with E-state index in [0.717, 1.165) is 0 Å². The smallest absolute Gasteiger partial charge is 0.250 e. The van der Waals surface area contributed by atoms with Gasteiger partial charge in [-0.15, -0.1) is 0 Å². The zero-order valence-electron chi connectivity index (χ0n) is 13.3. The van der Waals surface area contributed by atoms with Crippen LogP contribution in [0.25, 0.3) is 0 Å². The van der Waals surface area contributed by atoms with E-state index in [4.69, 9.17) is 10.00 Å². The van der Waals surface area contributed by atoms with Crippen molar-refractivity contribution in [3.63, 3.8) is 0 Å². The summed E-state index contributed by atoms with van der Waals surface area (Å²) in [6.45, 7) is 0.789. The molecule has 1 heterocycles. The fourth-order valence-electron chi connectivity index (χ4n) is 2.10. The Labute approximate surface area is 140 Å². The number of aromatic nitrogens is 1. The normalized spacial score (nSPS) is 9.96. The molecule has 24 heavy (non-hydrogen) atoms. The number of ether oxygens (including phenoxy) is 1. The minimum atomic E-state index is -0.174. The van der Waals surface area contributed by atoms with E-state index in [9.17, 15) is 9.59 Å². The Morgan fingerprint density at radius 2 is 2.12 bits per heavy atom. The van der Waals surface area contributed by atoms with Gasteiger partial charge in [0.25, 0.3) is 5.56 Å². The predicted molar refractivity (Wildman–Crippen MR) is 90.7 cm³/mol. The lowest BCUT2D eigenvalue weighted by Gasteiger charge is -2.09. The molecular weight excluding hydrogens is 306 g/mol. The van der Waals surface area contributed by atoms with Gasteiger partial charge in [-0.05, 0) is 24.6 Å². The monoisotopic (exact) mass is 325 g/mol. The average Bonchev–Trinajstić information content (AvgIpc) is 2.58. The standard InChI is InChI=1S/C18H19N3O3/c19-10-2-4-13-24-16-7-5-6-15(14-16)20-17(22)9-12-21-11-3-1-8-18(21)23/h1,3,5-8,11,14H,2,4,9,12-13H2,(H,20,22). The van der Waals surface area contributed by atoms with Gasteiger partial charge in [0.2, 0.25) is 5.91 Å². The highest BCUT2D eigenvalue weighted by Gasteiger charge is 2.05. The molecule has 0 saturated heterocycles. The fraction of sp³-hybridized carbons (Fsp3) is 0.278. The Balaban J connectivity index is 1.84. The highest BCUT2D eigenvalue weighted by Crippen LogP contribution is 2.17. The van der Waals surface area contributed by atoms with Gasteiger partial charge in [-0.2, -0.15) is 5.26 Å². The second-order valence-corrected chi connectivity index (χ2v) is 5.17. The minimum absolute atomic E-state index is 0.127. The van der Waals surface area contributed by atoms with Crippen molar-refractivity contribution < 1.29 is 9.53 Å². The van der Waals surface area contributed by atoms with Crippen molar-refractivity contribution in [3.8, 4) is 11.8 Å². The maximum absolute atomic E-state index is 12.0. The molecule has 2 rings (SSSR count). The Bertz CT molecular complexity index is 777. The van der Waals surface area contributed by atoms with Gasteiger partial charge in [-0.3, -0.25) is 9.59 Å². The molecule has 0 bridgehead atoms. The number of pyridine rings is 1. The highest BCUT2D eigenvalue weighted by atomic mass is 16.5. The number of nitriles is 1. The van der Waals surface area contributed by atoms with Crippen molar-refractivity contribution in [3.05, 3.63) is 59.0 Å². The molecule has 124 valence electrons. The van der Waals surface area contributed by atoms with Gasteiger partial charge in [0.15, 0.2) is 0 Å². The molecule has 0 unspecified atom stereocenters.